The summed E-state index contributed by atoms with van der Waals surface area (Å²) in [5.74, 6) is -0.260. The van der Waals surface area contributed by atoms with Crippen LogP contribution in [0.15, 0.2) is 0 Å². The Balaban J connectivity index is 4.32. The zero-order valence-corrected chi connectivity index (χ0v) is 6.83. The molecular weight excluding hydrogens is 148 g/mol. The average molecular weight is 162 g/mol. The van der Waals surface area contributed by atoms with Crippen molar-refractivity contribution in [2.45, 2.75) is 6.92 Å². The molecule has 0 aliphatic heterocycles. The normalized spacial score (nSPS) is 11.6. The van der Waals surface area contributed by atoms with Crippen molar-refractivity contribution in [2.75, 3.05) is 26.9 Å². The van der Waals surface area contributed by atoms with Crippen LogP contribution in [0.3, 0.4) is 0 Å². The number of carbonyl (C=O) groups is 1. The lowest BCUT2D eigenvalue weighted by Gasteiger charge is -2.25. The summed E-state index contributed by atoms with van der Waals surface area (Å²) in [5.41, 5.74) is -1.12. The summed E-state index contributed by atoms with van der Waals surface area (Å²) in [4.78, 5) is 10.9. The third-order valence-corrected chi connectivity index (χ3v) is 1.77. The van der Waals surface area contributed by atoms with Crippen molar-refractivity contribution in [3.63, 3.8) is 0 Å². The van der Waals surface area contributed by atoms with Crippen LogP contribution in [-0.4, -0.2) is 42.9 Å². The van der Waals surface area contributed by atoms with Gasteiger partial charge in [-0.15, -0.1) is 0 Å². The van der Waals surface area contributed by atoms with Gasteiger partial charge in [-0.25, -0.2) is 0 Å². The van der Waals surface area contributed by atoms with E-state index >= 15 is 0 Å². The van der Waals surface area contributed by atoms with Gasteiger partial charge in [0.05, 0.1) is 25.2 Å². The fourth-order valence-electron chi connectivity index (χ4n) is 0.742. The van der Waals surface area contributed by atoms with E-state index in [1.165, 1.54) is 14.0 Å². The maximum Gasteiger partial charge on any atom is 0.142 e. The fraction of sp³-hybridized carbons (Fsp3) is 0.857. The van der Waals surface area contributed by atoms with Crippen LogP contribution in [0.5, 0.6) is 0 Å². The zero-order chi connectivity index (χ0) is 8.91. The lowest BCUT2D eigenvalue weighted by molar-refractivity contribution is -0.136. The Kier molecular flexibility index (Phi) is 4.25. The topological polar surface area (TPSA) is 66.8 Å². The molecule has 0 heterocycles. The number of methoxy groups -OCH3 is 1. The van der Waals surface area contributed by atoms with Gasteiger partial charge >= 0.3 is 0 Å². The molecule has 0 aliphatic rings. The van der Waals surface area contributed by atoms with Crippen LogP contribution in [-0.2, 0) is 9.53 Å². The Bertz CT molecular complexity index is 128. The highest BCUT2D eigenvalue weighted by Gasteiger charge is 2.34. The van der Waals surface area contributed by atoms with E-state index in [2.05, 4.69) is 0 Å². The molecule has 0 aromatic rings. The lowest BCUT2D eigenvalue weighted by atomic mass is 9.87. The Labute approximate surface area is 65.8 Å². The van der Waals surface area contributed by atoms with E-state index in [4.69, 9.17) is 14.9 Å². The van der Waals surface area contributed by atoms with Gasteiger partial charge in [0.25, 0.3) is 0 Å². The summed E-state index contributed by atoms with van der Waals surface area (Å²) in [7, 11) is 1.42. The minimum Gasteiger partial charge on any atom is -0.395 e. The van der Waals surface area contributed by atoms with Gasteiger partial charge < -0.3 is 14.9 Å². The third-order valence-electron chi connectivity index (χ3n) is 1.77. The molecular formula is C7H14O4. The standard InChI is InChI=1S/C7H14O4/c1-6(10)7(3-8,4-9)5-11-2/h8-9H,3-5H2,1-2H3. The second kappa shape index (κ2) is 4.43. The number of aliphatic hydroxyl groups is 2. The molecule has 0 saturated carbocycles. The van der Waals surface area contributed by atoms with Crippen LogP contribution in [0, 0.1) is 5.41 Å². The minimum absolute atomic E-state index is 0.0509. The van der Waals surface area contributed by atoms with E-state index in [1.54, 1.807) is 0 Å². The van der Waals surface area contributed by atoms with Crippen molar-refractivity contribution in [1.82, 2.24) is 0 Å². The van der Waals surface area contributed by atoms with Crippen molar-refractivity contribution in [1.29, 1.82) is 0 Å². The van der Waals surface area contributed by atoms with Crippen LogP contribution in [0.2, 0.25) is 0 Å². The maximum atomic E-state index is 10.9. The van der Waals surface area contributed by atoms with Crippen LogP contribution < -0.4 is 0 Å². The molecule has 2 N–H and O–H groups in total. The van der Waals surface area contributed by atoms with Gasteiger partial charge in [0, 0.05) is 7.11 Å². The molecule has 66 valence electrons. The predicted molar refractivity (Wildman–Crippen MR) is 39.2 cm³/mol. The predicted octanol–water partition coefficient (Wildman–Crippen LogP) is -0.807. The van der Waals surface area contributed by atoms with E-state index in [-0.39, 0.29) is 25.6 Å². The van der Waals surface area contributed by atoms with Crippen molar-refractivity contribution >= 4 is 5.78 Å². The minimum atomic E-state index is -1.12. The van der Waals surface area contributed by atoms with Gasteiger partial charge in [-0.1, -0.05) is 0 Å². The molecule has 4 heteroatoms. The number of hydrogen-bond donors (Lipinski definition) is 2. The van der Waals surface area contributed by atoms with Crippen LogP contribution in [0.1, 0.15) is 6.92 Å². The van der Waals surface area contributed by atoms with Crippen molar-refractivity contribution < 1.29 is 19.7 Å². The van der Waals surface area contributed by atoms with Crippen molar-refractivity contribution in [3.05, 3.63) is 0 Å². The number of ether oxygens (including phenoxy) is 1. The molecule has 0 spiro atoms. The molecule has 0 aliphatic carbocycles. The van der Waals surface area contributed by atoms with Gasteiger partial charge in [0.15, 0.2) is 0 Å². The van der Waals surface area contributed by atoms with E-state index in [9.17, 15) is 4.79 Å². The SMILES string of the molecule is COCC(CO)(CO)C(C)=O. The Morgan fingerprint density at radius 1 is 1.45 bits per heavy atom. The summed E-state index contributed by atoms with van der Waals surface area (Å²) < 4.78 is 4.71. The smallest absolute Gasteiger partial charge is 0.142 e. The van der Waals surface area contributed by atoms with E-state index in [0.717, 1.165) is 0 Å². The van der Waals surface area contributed by atoms with Gasteiger partial charge in [-0.05, 0) is 6.92 Å². The number of ketones is 1. The van der Waals surface area contributed by atoms with Crippen molar-refractivity contribution in [3.8, 4) is 0 Å². The van der Waals surface area contributed by atoms with E-state index in [1.807, 2.05) is 0 Å². The van der Waals surface area contributed by atoms with E-state index < -0.39 is 5.41 Å². The highest BCUT2D eigenvalue weighted by atomic mass is 16.5. The molecule has 0 bridgehead atoms. The maximum absolute atomic E-state index is 10.9. The molecule has 0 fully saturated rings. The highest BCUT2D eigenvalue weighted by molar-refractivity contribution is 5.82. The fourth-order valence-corrected chi connectivity index (χ4v) is 0.742. The summed E-state index contributed by atoms with van der Waals surface area (Å²) in [6, 6.07) is 0. The monoisotopic (exact) mass is 162 g/mol. The molecule has 11 heavy (non-hydrogen) atoms. The second-order valence-corrected chi connectivity index (χ2v) is 2.59. The second-order valence-electron chi connectivity index (χ2n) is 2.59. The number of carbonyl (C=O) groups excluding carboxylic acids is 1. The Hall–Kier alpha value is -0.450. The zero-order valence-electron chi connectivity index (χ0n) is 6.83. The van der Waals surface area contributed by atoms with Crippen LogP contribution in [0.25, 0.3) is 0 Å². The van der Waals surface area contributed by atoms with Gasteiger partial charge in [-0.3, -0.25) is 4.79 Å². The largest absolute Gasteiger partial charge is 0.395 e. The van der Waals surface area contributed by atoms with E-state index in [0.29, 0.717) is 0 Å². The Morgan fingerprint density at radius 2 is 1.91 bits per heavy atom. The first-order chi connectivity index (χ1) is 5.13. The molecule has 0 aromatic carbocycles. The highest BCUT2D eigenvalue weighted by Crippen LogP contribution is 2.16. The van der Waals surface area contributed by atoms with Crippen LogP contribution >= 0.6 is 0 Å². The third kappa shape index (κ3) is 2.25. The van der Waals surface area contributed by atoms with Gasteiger partial charge in [0.2, 0.25) is 0 Å². The quantitative estimate of drug-likeness (QED) is 0.555. The number of aliphatic hydroxyl groups excluding tert-OH is 2. The summed E-state index contributed by atoms with van der Waals surface area (Å²) in [5, 5.41) is 17.6. The molecule has 0 saturated heterocycles. The number of rotatable bonds is 5. The first-order valence-corrected chi connectivity index (χ1v) is 3.34. The van der Waals surface area contributed by atoms with Crippen LogP contribution in [0.4, 0.5) is 0 Å². The molecule has 0 aromatic heterocycles. The average Bonchev–Trinajstić information content (AvgIpc) is 2.00. The molecule has 0 unspecified atom stereocenters. The summed E-state index contributed by atoms with van der Waals surface area (Å²) in [6.07, 6.45) is 0. The van der Waals surface area contributed by atoms with Gasteiger partial charge in [-0.2, -0.15) is 0 Å². The molecule has 0 rings (SSSR count). The van der Waals surface area contributed by atoms with Crippen molar-refractivity contribution in [2.24, 2.45) is 5.41 Å². The molecule has 4 nitrogen and oxygen atoms in total. The molecule has 0 radical (unpaired) electrons. The number of Topliss-reactive ketones (excluding diaryl/α,β-unsaturated/α-hetero) is 1. The summed E-state index contributed by atoms with van der Waals surface area (Å²) in [6.45, 7) is 0.611. The molecule has 0 amide bonds. The summed E-state index contributed by atoms with van der Waals surface area (Å²) >= 11 is 0. The number of hydrogen-bond acceptors (Lipinski definition) is 4. The first-order valence-electron chi connectivity index (χ1n) is 3.34. The van der Waals surface area contributed by atoms with Gasteiger partial charge in [0.1, 0.15) is 5.78 Å². The molecule has 0 atom stereocenters. The Morgan fingerprint density at radius 3 is 2.00 bits per heavy atom. The lowest BCUT2D eigenvalue weighted by Crippen LogP contribution is -2.41. The first kappa shape index (κ1) is 10.6.